The molecule has 0 bridgehead atoms. The van der Waals surface area contributed by atoms with Gasteiger partial charge in [0.15, 0.2) is 0 Å². The maximum atomic E-state index is 9.10. The van der Waals surface area contributed by atoms with Gasteiger partial charge >= 0.3 is 11.9 Å². The van der Waals surface area contributed by atoms with Crippen LogP contribution >= 0.6 is 11.3 Å². The van der Waals surface area contributed by atoms with Gasteiger partial charge < -0.3 is 19.8 Å². The van der Waals surface area contributed by atoms with Gasteiger partial charge in [0.1, 0.15) is 16.5 Å². The average molecular weight is 325 g/mol. The van der Waals surface area contributed by atoms with Crippen molar-refractivity contribution in [3.05, 3.63) is 17.3 Å². The molecule has 22 heavy (non-hydrogen) atoms. The number of aryl methyl sites for hydroxylation is 1. The van der Waals surface area contributed by atoms with Crippen LogP contribution in [0.2, 0.25) is 0 Å². The first kappa shape index (κ1) is 16.1. The molecule has 1 fully saturated rings. The Morgan fingerprint density at radius 1 is 1.23 bits per heavy atom. The standard InChI is InChI=1S/C11H13N3OS.C2H2O4/c1-8-12-10(14-3-5-15-6-4-14)9-2-7-16-11(9)13-8;3-1(4)2(5)6/h2,7H,3-6H2,1H3;(H,3,4)(H,5,6). The van der Waals surface area contributed by atoms with Crippen LogP contribution in [0, 0.1) is 6.92 Å². The Bertz CT molecular complexity index is 669. The van der Waals surface area contributed by atoms with Gasteiger partial charge in [-0.15, -0.1) is 11.3 Å². The number of hydrogen-bond donors (Lipinski definition) is 2. The Morgan fingerprint density at radius 2 is 1.86 bits per heavy atom. The summed E-state index contributed by atoms with van der Waals surface area (Å²) >= 11 is 1.67. The van der Waals surface area contributed by atoms with E-state index in [0.29, 0.717) is 0 Å². The Morgan fingerprint density at radius 3 is 2.45 bits per heavy atom. The Hall–Kier alpha value is -2.26. The predicted octanol–water partition coefficient (Wildman–Crippen LogP) is 0.992. The molecule has 2 aromatic heterocycles. The third-order valence-corrected chi connectivity index (χ3v) is 3.72. The number of aromatic nitrogens is 2. The molecule has 1 saturated heterocycles. The van der Waals surface area contributed by atoms with E-state index in [1.165, 1.54) is 0 Å². The maximum absolute atomic E-state index is 9.10. The van der Waals surface area contributed by atoms with E-state index < -0.39 is 11.9 Å². The number of fused-ring (bicyclic) bond motifs is 1. The first-order valence-electron chi connectivity index (χ1n) is 6.50. The van der Waals surface area contributed by atoms with E-state index in [0.717, 1.165) is 48.2 Å². The van der Waals surface area contributed by atoms with Gasteiger partial charge in [-0.1, -0.05) is 0 Å². The Kier molecular flexibility index (Phi) is 5.23. The van der Waals surface area contributed by atoms with E-state index in [2.05, 4.69) is 26.3 Å². The van der Waals surface area contributed by atoms with Crippen LogP contribution < -0.4 is 4.90 Å². The SMILES string of the molecule is Cc1nc(N2CCOCC2)c2ccsc2n1.O=C(O)C(=O)O. The Balaban J connectivity index is 0.000000254. The fraction of sp³-hybridized carbons (Fsp3) is 0.385. The summed E-state index contributed by atoms with van der Waals surface area (Å²) in [5.74, 6) is -1.74. The minimum Gasteiger partial charge on any atom is -0.473 e. The minimum atomic E-state index is -1.82. The van der Waals surface area contributed by atoms with E-state index in [4.69, 9.17) is 24.5 Å². The second-order valence-electron chi connectivity index (χ2n) is 4.44. The van der Waals surface area contributed by atoms with Crippen LogP contribution in [-0.2, 0) is 14.3 Å². The predicted molar refractivity (Wildman–Crippen MR) is 80.5 cm³/mol. The molecular formula is C13H15N3O5S. The molecule has 2 aromatic rings. The number of thiophene rings is 1. The van der Waals surface area contributed by atoms with Crippen molar-refractivity contribution in [2.75, 3.05) is 31.2 Å². The second kappa shape index (κ2) is 7.14. The molecular weight excluding hydrogens is 310 g/mol. The highest BCUT2D eigenvalue weighted by Crippen LogP contribution is 2.28. The summed E-state index contributed by atoms with van der Waals surface area (Å²) in [6.45, 7) is 5.36. The van der Waals surface area contributed by atoms with Gasteiger partial charge in [0.25, 0.3) is 0 Å². The Labute approximate surface area is 130 Å². The summed E-state index contributed by atoms with van der Waals surface area (Å²) in [6.07, 6.45) is 0. The lowest BCUT2D eigenvalue weighted by Crippen LogP contribution is -2.37. The second-order valence-corrected chi connectivity index (χ2v) is 5.34. The van der Waals surface area contributed by atoms with Crippen molar-refractivity contribution >= 4 is 39.3 Å². The van der Waals surface area contributed by atoms with E-state index in [1.807, 2.05) is 6.92 Å². The van der Waals surface area contributed by atoms with E-state index in [1.54, 1.807) is 11.3 Å². The number of carboxylic acid groups (broad SMARTS) is 2. The maximum Gasteiger partial charge on any atom is 0.414 e. The minimum absolute atomic E-state index is 0.786. The van der Waals surface area contributed by atoms with Gasteiger partial charge in [0, 0.05) is 13.1 Å². The van der Waals surface area contributed by atoms with Crippen molar-refractivity contribution in [3.63, 3.8) is 0 Å². The first-order valence-corrected chi connectivity index (χ1v) is 7.37. The van der Waals surface area contributed by atoms with Gasteiger partial charge in [-0.2, -0.15) is 0 Å². The zero-order valence-electron chi connectivity index (χ0n) is 11.9. The molecule has 3 rings (SSSR count). The monoisotopic (exact) mass is 325 g/mol. The number of carbonyl (C=O) groups is 2. The molecule has 9 heteroatoms. The smallest absolute Gasteiger partial charge is 0.414 e. The number of morpholine rings is 1. The van der Waals surface area contributed by atoms with Crippen molar-refractivity contribution < 1.29 is 24.5 Å². The first-order chi connectivity index (χ1) is 10.5. The molecule has 2 N–H and O–H groups in total. The molecule has 0 aliphatic carbocycles. The normalized spacial score (nSPS) is 14.3. The van der Waals surface area contributed by atoms with Crippen molar-refractivity contribution in [2.45, 2.75) is 6.92 Å². The van der Waals surface area contributed by atoms with Crippen LogP contribution in [0.25, 0.3) is 10.2 Å². The van der Waals surface area contributed by atoms with Crippen LogP contribution in [0.15, 0.2) is 11.4 Å². The van der Waals surface area contributed by atoms with Crippen molar-refractivity contribution in [3.8, 4) is 0 Å². The molecule has 0 spiro atoms. The van der Waals surface area contributed by atoms with Crippen LogP contribution in [-0.4, -0.2) is 58.4 Å². The number of ether oxygens (including phenoxy) is 1. The molecule has 1 aliphatic rings. The number of aliphatic carboxylic acids is 2. The van der Waals surface area contributed by atoms with Crippen molar-refractivity contribution in [1.82, 2.24) is 9.97 Å². The molecule has 0 atom stereocenters. The summed E-state index contributed by atoms with van der Waals surface area (Å²) in [5.41, 5.74) is 0. The fourth-order valence-corrected chi connectivity index (χ4v) is 2.76. The molecule has 0 radical (unpaired) electrons. The fourth-order valence-electron chi connectivity index (χ4n) is 1.96. The summed E-state index contributed by atoms with van der Waals surface area (Å²) in [7, 11) is 0. The molecule has 0 aromatic carbocycles. The highest BCUT2D eigenvalue weighted by Gasteiger charge is 2.16. The summed E-state index contributed by atoms with van der Waals surface area (Å²) < 4.78 is 5.36. The summed E-state index contributed by atoms with van der Waals surface area (Å²) in [4.78, 5) is 30.6. The number of anilines is 1. The van der Waals surface area contributed by atoms with Gasteiger partial charge in [0.2, 0.25) is 0 Å². The quantitative estimate of drug-likeness (QED) is 0.746. The van der Waals surface area contributed by atoms with Gasteiger partial charge in [-0.25, -0.2) is 19.6 Å². The van der Waals surface area contributed by atoms with Gasteiger partial charge in [-0.05, 0) is 18.4 Å². The molecule has 8 nitrogen and oxygen atoms in total. The molecule has 118 valence electrons. The number of rotatable bonds is 1. The topological polar surface area (TPSA) is 113 Å². The average Bonchev–Trinajstić information content (AvgIpc) is 2.96. The lowest BCUT2D eigenvalue weighted by Gasteiger charge is -2.28. The largest absolute Gasteiger partial charge is 0.473 e. The highest BCUT2D eigenvalue weighted by atomic mass is 32.1. The molecule has 0 saturated carbocycles. The molecule has 0 amide bonds. The summed E-state index contributed by atoms with van der Waals surface area (Å²) in [5, 5.41) is 18.0. The molecule has 0 unspecified atom stereocenters. The van der Waals surface area contributed by atoms with Crippen LogP contribution in [0.4, 0.5) is 5.82 Å². The van der Waals surface area contributed by atoms with Crippen LogP contribution in [0.5, 0.6) is 0 Å². The van der Waals surface area contributed by atoms with E-state index in [9.17, 15) is 0 Å². The van der Waals surface area contributed by atoms with E-state index in [-0.39, 0.29) is 0 Å². The van der Waals surface area contributed by atoms with Crippen molar-refractivity contribution in [1.29, 1.82) is 0 Å². The zero-order chi connectivity index (χ0) is 16.1. The number of hydrogen-bond acceptors (Lipinski definition) is 7. The van der Waals surface area contributed by atoms with Gasteiger partial charge in [-0.3, -0.25) is 0 Å². The molecule has 1 aliphatic heterocycles. The number of nitrogens with zero attached hydrogens (tertiary/aromatic N) is 3. The van der Waals surface area contributed by atoms with Gasteiger partial charge in [0.05, 0.1) is 18.6 Å². The third kappa shape index (κ3) is 3.89. The highest BCUT2D eigenvalue weighted by molar-refractivity contribution is 7.16. The van der Waals surface area contributed by atoms with Crippen LogP contribution in [0.1, 0.15) is 5.82 Å². The lowest BCUT2D eigenvalue weighted by atomic mass is 10.3. The lowest BCUT2D eigenvalue weighted by molar-refractivity contribution is -0.159. The zero-order valence-corrected chi connectivity index (χ0v) is 12.7. The summed E-state index contributed by atoms with van der Waals surface area (Å²) in [6, 6.07) is 2.10. The third-order valence-electron chi connectivity index (χ3n) is 2.91. The number of carboxylic acids is 2. The van der Waals surface area contributed by atoms with Crippen LogP contribution in [0.3, 0.4) is 0 Å². The van der Waals surface area contributed by atoms with E-state index >= 15 is 0 Å². The molecule has 3 heterocycles. The van der Waals surface area contributed by atoms with Crippen molar-refractivity contribution in [2.24, 2.45) is 0 Å².